The molecule has 21 heavy (non-hydrogen) atoms. The molecule has 0 amide bonds. The van der Waals surface area contributed by atoms with E-state index in [1.54, 1.807) is 0 Å². The van der Waals surface area contributed by atoms with Crippen LogP contribution in [0.5, 0.6) is 5.75 Å². The number of hydrogen-bond donors (Lipinski definition) is 1. The summed E-state index contributed by atoms with van der Waals surface area (Å²) in [4.78, 5) is 2.46. The first kappa shape index (κ1) is 16.3. The lowest BCUT2D eigenvalue weighted by Crippen LogP contribution is -2.50. The Morgan fingerprint density at radius 1 is 1.24 bits per heavy atom. The Morgan fingerprint density at radius 3 is 2.52 bits per heavy atom. The molecule has 1 aromatic carbocycles. The number of nitrogens with one attached hydrogen (secondary N) is 1. The molecule has 3 heteroatoms. The van der Waals surface area contributed by atoms with Crippen LogP contribution in [0.4, 0.5) is 0 Å². The van der Waals surface area contributed by atoms with Gasteiger partial charge in [0.05, 0.1) is 6.10 Å². The minimum Gasteiger partial charge on any atom is -0.491 e. The second-order valence-corrected chi connectivity index (χ2v) is 6.80. The monoisotopic (exact) mass is 290 g/mol. The first-order valence-electron chi connectivity index (χ1n) is 8.15. The van der Waals surface area contributed by atoms with E-state index in [2.05, 4.69) is 69.2 Å². The van der Waals surface area contributed by atoms with Gasteiger partial charge in [-0.2, -0.15) is 0 Å². The van der Waals surface area contributed by atoms with Gasteiger partial charge in [-0.3, -0.25) is 0 Å². The third-order valence-corrected chi connectivity index (χ3v) is 4.47. The molecule has 1 aliphatic rings. The smallest absolute Gasteiger partial charge is 0.119 e. The summed E-state index contributed by atoms with van der Waals surface area (Å²) in [5.74, 6) is 1.66. The predicted molar refractivity (Wildman–Crippen MR) is 88.7 cm³/mol. The van der Waals surface area contributed by atoms with Gasteiger partial charge in [-0.05, 0) is 57.9 Å². The number of nitrogens with zero attached hydrogens (tertiary/aromatic N) is 1. The largest absolute Gasteiger partial charge is 0.491 e. The Bertz CT molecular complexity index is 429. The van der Waals surface area contributed by atoms with E-state index in [-0.39, 0.29) is 6.10 Å². The van der Waals surface area contributed by atoms with Crippen LogP contribution in [0.3, 0.4) is 0 Å². The average molecular weight is 290 g/mol. The summed E-state index contributed by atoms with van der Waals surface area (Å²) in [6.45, 7) is 10.9. The van der Waals surface area contributed by atoms with E-state index in [1.807, 2.05) is 0 Å². The van der Waals surface area contributed by atoms with Crippen molar-refractivity contribution in [3.8, 4) is 5.75 Å². The van der Waals surface area contributed by atoms with E-state index in [4.69, 9.17) is 4.74 Å². The highest BCUT2D eigenvalue weighted by atomic mass is 16.5. The molecule has 1 saturated heterocycles. The van der Waals surface area contributed by atoms with E-state index >= 15 is 0 Å². The van der Waals surface area contributed by atoms with Crippen molar-refractivity contribution in [1.29, 1.82) is 0 Å². The van der Waals surface area contributed by atoms with Crippen LogP contribution in [0.15, 0.2) is 24.3 Å². The predicted octanol–water partition coefficient (Wildman–Crippen LogP) is 3.29. The highest BCUT2D eigenvalue weighted by Crippen LogP contribution is 2.21. The molecule has 0 unspecified atom stereocenters. The van der Waals surface area contributed by atoms with Crippen LogP contribution >= 0.6 is 0 Å². The molecule has 1 aliphatic heterocycles. The number of piperidine rings is 1. The van der Waals surface area contributed by atoms with Crippen molar-refractivity contribution < 1.29 is 4.74 Å². The van der Waals surface area contributed by atoms with Crippen molar-refractivity contribution in [3.05, 3.63) is 29.8 Å². The van der Waals surface area contributed by atoms with Crippen molar-refractivity contribution in [2.45, 2.75) is 58.8 Å². The maximum absolute atomic E-state index is 5.68. The zero-order valence-corrected chi connectivity index (χ0v) is 14.1. The third-order valence-electron chi connectivity index (χ3n) is 4.47. The van der Waals surface area contributed by atoms with Gasteiger partial charge >= 0.3 is 0 Å². The molecule has 0 aliphatic carbocycles. The third kappa shape index (κ3) is 4.72. The van der Waals surface area contributed by atoms with E-state index in [0.29, 0.717) is 18.0 Å². The molecule has 0 bridgehead atoms. The molecule has 3 nitrogen and oxygen atoms in total. The first-order valence-corrected chi connectivity index (χ1v) is 8.15. The molecule has 0 radical (unpaired) electrons. The standard InChI is InChI=1S/C18H30N2O/c1-13(2)21-17-8-6-16(7-9-17)11-19-18-10-15(4)20(5)12-14(18)3/h6-9,13-15,18-19H,10-12H2,1-5H3/t14-,15+,18+/m1/s1. The molecule has 1 N–H and O–H groups in total. The molecule has 1 aromatic rings. The van der Waals surface area contributed by atoms with Gasteiger partial charge < -0.3 is 15.0 Å². The second kappa shape index (κ2) is 7.28. The van der Waals surface area contributed by atoms with Gasteiger partial charge in [0.1, 0.15) is 5.75 Å². The minimum atomic E-state index is 0.232. The van der Waals surface area contributed by atoms with E-state index < -0.39 is 0 Å². The van der Waals surface area contributed by atoms with Gasteiger partial charge in [-0.1, -0.05) is 19.1 Å². The molecule has 118 valence electrons. The maximum Gasteiger partial charge on any atom is 0.119 e. The summed E-state index contributed by atoms with van der Waals surface area (Å²) in [6.07, 6.45) is 1.46. The van der Waals surface area contributed by atoms with Crippen molar-refractivity contribution in [1.82, 2.24) is 10.2 Å². The Morgan fingerprint density at radius 2 is 1.90 bits per heavy atom. The lowest BCUT2D eigenvalue weighted by atomic mass is 9.90. The molecule has 0 spiro atoms. The van der Waals surface area contributed by atoms with E-state index in [9.17, 15) is 0 Å². The van der Waals surface area contributed by atoms with Crippen LogP contribution < -0.4 is 10.1 Å². The van der Waals surface area contributed by atoms with Crippen molar-refractivity contribution >= 4 is 0 Å². The zero-order chi connectivity index (χ0) is 15.4. The van der Waals surface area contributed by atoms with Gasteiger partial charge in [0.15, 0.2) is 0 Å². The van der Waals surface area contributed by atoms with E-state index in [1.165, 1.54) is 18.5 Å². The fraction of sp³-hybridized carbons (Fsp3) is 0.667. The van der Waals surface area contributed by atoms with Crippen LogP contribution in [0.1, 0.15) is 39.7 Å². The van der Waals surface area contributed by atoms with Crippen LogP contribution in [0.2, 0.25) is 0 Å². The van der Waals surface area contributed by atoms with Gasteiger partial charge in [0.2, 0.25) is 0 Å². The highest BCUT2D eigenvalue weighted by Gasteiger charge is 2.28. The summed E-state index contributed by atoms with van der Waals surface area (Å²) in [7, 11) is 2.23. The summed E-state index contributed by atoms with van der Waals surface area (Å²) < 4.78 is 5.68. The summed E-state index contributed by atoms with van der Waals surface area (Å²) >= 11 is 0. The second-order valence-electron chi connectivity index (χ2n) is 6.80. The normalized spacial score (nSPS) is 27.0. The molecular formula is C18H30N2O. The SMILES string of the molecule is CC(C)Oc1ccc(CN[C@H]2C[C@H](C)N(C)C[C@H]2C)cc1. The number of rotatable bonds is 5. The minimum absolute atomic E-state index is 0.232. The van der Waals surface area contributed by atoms with Gasteiger partial charge in [-0.15, -0.1) is 0 Å². The quantitative estimate of drug-likeness (QED) is 0.900. The average Bonchev–Trinajstić information content (AvgIpc) is 2.42. The first-order chi connectivity index (χ1) is 9.95. The summed E-state index contributed by atoms with van der Waals surface area (Å²) in [5, 5.41) is 3.73. The fourth-order valence-corrected chi connectivity index (χ4v) is 3.03. The van der Waals surface area contributed by atoms with Crippen LogP contribution in [0.25, 0.3) is 0 Å². The maximum atomic E-state index is 5.68. The Hall–Kier alpha value is -1.06. The molecular weight excluding hydrogens is 260 g/mol. The summed E-state index contributed by atoms with van der Waals surface area (Å²) in [6, 6.07) is 9.74. The summed E-state index contributed by atoms with van der Waals surface area (Å²) in [5.41, 5.74) is 1.32. The Kier molecular flexibility index (Phi) is 5.65. The topological polar surface area (TPSA) is 24.5 Å². The molecule has 0 aromatic heterocycles. The number of benzene rings is 1. The van der Waals surface area contributed by atoms with E-state index in [0.717, 1.165) is 12.3 Å². The van der Waals surface area contributed by atoms with Crippen molar-refractivity contribution in [3.63, 3.8) is 0 Å². The number of ether oxygens (including phenoxy) is 1. The molecule has 3 atom stereocenters. The van der Waals surface area contributed by atoms with Gasteiger partial charge in [0, 0.05) is 25.2 Å². The van der Waals surface area contributed by atoms with Crippen molar-refractivity contribution in [2.75, 3.05) is 13.6 Å². The van der Waals surface area contributed by atoms with Crippen molar-refractivity contribution in [2.24, 2.45) is 5.92 Å². The number of likely N-dealkylation sites (tertiary alicyclic amines) is 1. The van der Waals surface area contributed by atoms with Crippen LogP contribution in [-0.4, -0.2) is 36.7 Å². The highest BCUT2D eigenvalue weighted by molar-refractivity contribution is 5.27. The van der Waals surface area contributed by atoms with Gasteiger partial charge in [0.25, 0.3) is 0 Å². The molecule has 2 rings (SSSR count). The lowest BCUT2D eigenvalue weighted by Gasteiger charge is -2.40. The number of hydrogen-bond acceptors (Lipinski definition) is 3. The molecule has 1 heterocycles. The van der Waals surface area contributed by atoms with Gasteiger partial charge in [-0.25, -0.2) is 0 Å². The lowest BCUT2D eigenvalue weighted by molar-refractivity contribution is 0.121. The zero-order valence-electron chi connectivity index (χ0n) is 14.1. The van der Waals surface area contributed by atoms with Crippen LogP contribution in [0, 0.1) is 5.92 Å². The van der Waals surface area contributed by atoms with Crippen LogP contribution in [-0.2, 0) is 6.54 Å². The molecule has 0 saturated carbocycles. The Labute approximate surface area is 129 Å². The molecule has 1 fully saturated rings. The fourth-order valence-electron chi connectivity index (χ4n) is 3.03. The Balaban J connectivity index is 1.85.